The van der Waals surface area contributed by atoms with Gasteiger partial charge >= 0.3 is 0 Å². The van der Waals surface area contributed by atoms with E-state index in [9.17, 15) is 14.3 Å². The Labute approximate surface area is 99.7 Å². The van der Waals surface area contributed by atoms with Crippen LogP contribution in [0.25, 0.3) is 0 Å². The highest BCUT2D eigenvalue weighted by molar-refractivity contribution is 5.97. The highest BCUT2D eigenvalue weighted by Gasteiger charge is 2.36. The number of aromatic hydroxyl groups is 1. The number of hydrogen-bond acceptors (Lipinski definition) is 2. The zero-order valence-electron chi connectivity index (χ0n) is 9.79. The Balaban J connectivity index is 2.14. The van der Waals surface area contributed by atoms with Gasteiger partial charge in [-0.3, -0.25) is 4.79 Å². The second kappa shape index (κ2) is 4.35. The Kier molecular flexibility index (Phi) is 3.05. The molecule has 0 heterocycles. The average molecular weight is 237 g/mol. The topological polar surface area (TPSA) is 49.3 Å². The second-order valence-corrected chi connectivity index (χ2v) is 4.60. The normalized spacial score (nSPS) is 17.3. The Morgan fingerprint density at radius 1 is 1.53 bits per heavy atom. The predicted molar refractivity (Wildman–Crippen MR) is 62.4 cm³/mol. The molecule has 3 nitrogen and oxygen atoms in total. The first-order chi connectivity index (χ1) is 8.06. The minimum atomic E-state index is -0.548. The number of halogens is 1. The smallest absolute Gasteiger partial charge is 0.255 e. The van der Waals surface area contributed by atoms with Crippen LogP contribution in [0, 0.1) is 5.82 Å². The third-order valence-electron chi connectivity index (χ3n) is 3.57. The molecule has 4 heteroatoms. The molecule has 0 unspecified atom stereocenters. The molecule has 0 spiro atoms. The lowest BCUT2D eigenvalue weighted by Crippen LogP contribution is -2.52. The molecule has 1 fully saturated rings. The van der Waals surface area contributed by atoms with Crippen molar-refractivity contribution < 1.29 is 14.3 Å². The third-order valence-corrected chi connectivity index (χ3v) is 3.57. The Morgan fingerprint density at radius 3 is 2.71 bits per heavy atom. The highest BCUT2D eigenvalue weighted by atomic mass is 19.1. The van der Waals surface area contributed by atoms with Crippen molar-refractivity contribution >= 4 is 5.91 Å². The van der Waals surface area contributed by atoms with Gasteiger partial charge in [-0.1, -0.05) is 6.92 Å². The van der Waals surface area contributed by atoms with Gasteiger partial charge in [0.2, 0.25) is 0 Å². The Bertz CT molecular complexity index is 436. The minimum absolute atomic E-state index is 0.127. The van der Waals surface area contributed by atoms with Gasteiger partial charge in [0.25, 0.3) is 5.91 Å². The van der Waals surface area contributed by atoms with E-state index in [4.69, 9.17) is 0 Å². The standard InChI is InChI=1S/C13H16FNO2/c1-2-13(6-3-7-13)15-12(17)10-5-4-9(14)8-11(10)16/h4-5,8,16H,2-3,6-7H2,1H3,(H,15,17). The summed E-state index contributed by atoms with van der Waals surface area (Å²) in [6, 6.07) is 3.43. The quantitative estimate of drug-likeness (QED) is 0.849. The predicted octanol–water partition coefficient (Wildman–Crippen LogP) is 2.59. The molecule has 1 aromatic carbocycles. The highest BCUT2D eigenvalue weighted by Crippen LogP contribution is 2.35. The van der Waals surface area contributed by atoms with Crippen LogP contribution in [0.3, 0.4) is 0 Å². The second-order valence-electron chi connectivity index (χ2n) is 4.60. The molecule has 1 amide bonds. The Morgan fingerprint density at radius 2 is 2.24 bits per heavy atom. The van der Waals surface area contributed by atoms with Crippen molar-refractivity contribution in [2.24, 2.45) is 0 Å². The summed E-state index contributed by atoms with van der Waals surface area (Å²) in [6.07, 6.45) is 3.93. The van der Waals surface area contributed by atoms with Crippen LogP contribution >= 0.6 is 0 Å². The largest absolute Gasteiger partial charge is 0.507 e. The van der Waals surface area contributed by atoms with Gasteiger partial charge in [-0.25, -0.2) is 4.39 Å². The molecular weight excluding hydrogens is 221 g/mol. The number of carbonyl (C=O) groups is 1. The maximum absolute atomic E-state index is 12.8. The van der Waals surface area contributed by atoms with Gasteiger partial charge in [0.05, 0.1) is 5.56 Å². The molecule has 0 bridgehead atoms. The summed E-state index contributed by atoms with van der Waals surface area (Å²) in [5, 5.41) is 12.5. The van der Waals surface area contributed by atoms with Crippen molar-refractivity contribution in [1.29, 1.82) is 0 Å². The molecule has 0 aromatic heterocycles. The molecule has 2 rings (SSSR count). The number of phenolic OH excluding ortho intramolecular Hbond substituents is 1. The number of nitrogens with one attached hydrogen (secondary N) is 1. The maximum Gasteiger partial charge on any atom is 0.255 e. The molecule has 1 saturated carbocycles. The maximum atomic E-state index is 12.8. The van der Waals surface area contributed by atoms with Crippen molar-refractivity contribution in [3.63, 3.8) is 0 Å². The summed E-state index contributed by atoms with van der Waals surface area (Å²) in [4.78, 5) is 12.0. The summed E-state index contributed by atoms with van der Waals surface area (Å²) in [5.74, 6) is -1.19. The van der Waals surface area contributed by atoms with E-state index in [2.05, 4.69) is 5.32 Å². The zero-order valence-corrected chi connectivity index (χ0v) is 9.79. The van der Waals surface area contributed by atoms with E-state index in [0.29, 0.717) is 0 Å². The van der Waals surface area contributed by atoms with Crippen molar-refractivity contribution in [2.45, 2.75) is 38.1 Å². The van der Waals surface area contributed by atoms with Crippen molar-refractivity contribution in [1.82, 2.24) is 5.32 Å². The number of amides is 1. The fourth-order valence-corrected chi connectivity index (χ4v) is 2.18. The van der Waals surface area contributed by atoms with Crippen molar-refractivity contribution in [3.05, 3.63) is 29.6 Å². The summed E-state index contributed by atoms with van der Waals surface area (Å²) in [5.41, 5.74) is 0.00360. The number of hydrogen-bond donors (Lipinski definition) is 2. The van der Waals surface area contributed by atoms with Crippen LogP contribution in [0.4, 0.5) is 4.39 Å². The van der Waals surface area contributed by atoms with E-state index >= 15 is 0 Å². The first kappa shape index (κ1) is 11.9. The minimum Gasteiger partial charge on any atom is -0.507 e. The number of phenols is 1. The van der Waals surface area contributed by atoms with Crippen LogP contribution in [0.15, 0.2) is 18.2 Å². The van der Waals surface area contributed by atoms with Crippen molar-refractivity contribution in [2.75, 3.05) is 0 Å². The van der Waals surface area contributed by atoms with Gasteiger partial charge < -0.3 is 10.4 Å². The summed E-state index contributed by atoms with van der Waals surface area (Å²) >= 11 is 0. The van der Waals surface area contributed by atoms with Gasteiger partial charge in [-0.2, -0.15) is 0 Å². The zero-order chi connectivity index (χ0) is 12.5. The van der Waals surface area contributed by atoms with Crippen LogP contribution in [0.5, 0.6) is 5.75 Å². The van der Waals surface area contributed by atoms with Crippen LogP contribution in [-0.2, 0) is 0 Å². The van der Waals surface area contributed by atoms with Gasteiger partial charge in [-0.15, -0.1) is 0 Å². The summed E-state index contributed by atoms with van der Waals surface area (Å²) in [6.45, 7) is 2.03. The molecule has 0 atom stereocenters. The van der Waals surface area contributed by atoms with Gasteiger partial charge in [0.15, 0.2) is 0 Å². The number of carbonyl (C=O) groups excluding carboxylic acids is 1. The van der Waals surface area contributed by atoms with Crippen LogP contribution < -0.4 is 5.32 Å². The average Bonchev–Trinajstić information content (AvgIpc) is 2.23. The lowest BCUT2D eigenvalue weighted by molar-refractivity contribution is 0.0817. The summed E-state index contributed by atoms with van der Waals surface area (Å²) < 4.78 is 12.8. The van der Waals surface area contributed by atoms with Gasteiger partial charge in [0.1, 0.15) is 11.6 Å². The molecule has 1 aliphatic carbocycles. The van der Waals surface area contributed by atoms with E-state index in [1.165, 1.54) is 12.1 Å². The molecule has 1 aliphatic rings. The number of benzene rings is 1. The summed E-state index contributed by atoms with van der Waals surface area (Å²) in [7, 11) is 0. The van der Waals surface area contributed by atoms with Crippen LogP contribution in [0.2, 0.25) is 0 Å². The van der Waals surface area contributed by atoms with E-state index in [0.717, 1.165) is 31.7 Å². The molecule has 92 valence electrons. The molecule has 17 heavy (non-hydrogen) atoms. The fraction of sp³-hybridized carbons (Fsp3) is 0.462. The SMILES string of the molecule is CCC1(NC(=O)c2ccc(F)cc2O)CCC1. The van der Waals surface area contributed by atoms with Gasteiger partial charge in [-0.05, 0) is 37.8 Å². The van der Waals surface area contributed by atoms with E-state index in [1.807, 2.05) is 6.92 Å². The van der Waals surface area contributed by atoms with E-state index in [-0.39, 0.29) is 22.8 Å². The van der Waals surface area contributed by atoms with Gasteiger partial charge in [0, 0.05) is 11.6 Å². The molecule has 0 aliphatic heterocycles. The van der Waals surface area contributed by atoms with Crippen LogP contribution in [0.1, 0.15) is 43.0 Å². The third kappa shape index (κ3) is 2.25. The number of rotatable bonds is 3. The first-order valence-electron chi connectivity index (χ1n) is 5.87. The molecule has 1 aromatic rings. The fourth-order valence-electron chi connectivity index (χ4n) is 2.18. The molecule has 0 radical (unpaired) electrons. The molecule has 2 N–H and O–H groups in total. The van der Waals surface area contributed by atoms with Crippen molar-refractivity contribution in [3.8, 4) is 5.75 Å². The first-order valence-corrected chi connectivity index (χ1v) is 5.87. The monoisotopic (exact) mass is 237 g/mol. The van der Waals surface area contributed by atoms with Crippen LogP contribution in [-0.4, -0.2) is 16.6 Å². The van der Waals surface area contributed by atoms with E-state index in [1.54, 1.807) is 0 Å². The van der Waals surface area contributed by atoms with E-state index < -0.39 is 5.82 Å². The molecule has 0 saturated heterocycles. The lowest BCUT2D eigenvalue weighted by atomic mass is 9.74. The molecular formula is C13H16FNO2. The Hall–Kier alpha value is -1.58. The lowest BCUT2D eigenvalue weighted by Gasteiger charge is -2.42.